The van der Waals surface area contributed by atoms with Gasteiger partial charge in [0.25, 0.3) is 0 Å². The third-order valence-electron chi connectivity index (χ3n) is 8.33. The second-order valence-electron chi connectivity index (χ2n) is 11.6. The van der Waals surface area contributed by atoms with Crippen molar-refractivity contribution in [1.82, 2.24) is 20.2 Å². The number of aromatic nitrogens is 4. The summed E-state index contributed by atoms with van der Waals surface area (Å²) in [4.78, 5) is 49.9. The number of imidazole rings is 1. The third kappa shape index (κ3) is 7.72. The number of fused-ring (bicyclic) bond motifs is 4. The van der Waals surface area contributed by atoms with Crippen LogP contribution < -0.4 is 10.4 Å². The van der Waals surface area contributed by atoms with E-state index in [0.717, 1.165) is 33.3 Å². The van der Waals surface area contributed by atoms with Gasteiger partial charge in [0.15, 0.2) is 4.34 Å². The SMILES string of the molecule is COC(=O)c1c(C)c(Br)cc2c1N=CC2.COC(=O)c1c(O)c(Br)cc2c1N=CC2.Nc1nnc(S[C@H]2Cc3cc4[nH]cnc4c(C(=O)O)c3OB2O)s1. The summed E-state index contributed by atoms with van der Waals surface area (Å²) >= 11 is 9.13. The number of nitrogens with zero attached hydrogens (tertiary/aromatic N) is 5. The van der Waals surface area contributed by atoms with Gasteiger partial charge in [0.05, 0.1) is 52.6 Å². The molecule has 2 aromatic heterocycles. The van der Waals surface area contributed by atoms with Crippen molar-refractivity contribution in [2.24, 2.45) is 9.98 Å². The van der Waals surface area contributed by atoms with Gasteiger partial charge in [-0.3, -0.25) is 9.98 Å². The number of anilines is 1. The normalized spacial score (nSPS) is 14.6. The number of hydrogen-bond acceptors (Lipinski definition) is 16. The number of esters is 2. The van der Waals surface area contributed by atoms with Crippen molar-refractivity contribution in [3.05, 3.63) is 72.4 Å². The number of methoxy groups -OCH3 is 2. The highest BCUT2D eigenvalue weighted by atomic mass is 79.9. The number of nitrogens with two attached hydrogens (primary N) is 1. The van der Waals surface area contributed by atoms with Crippen LogP contribution in [-0.4, -0.2) is 92.2 Å². The number of carbonyl (C=O) groups is 3. The molecule has 5 heterocycles. The van der Waals surface area contributed by atoms with E-state index in [4.69, 9.17) is 15.1 Å². The van der Waals surface area contributed by atoms with E-state index in [0.29, 0.717) is 54.6 Å². The Balaban J connectivity index is 0.000000145. The van der Waals surface area contributed by atoms with E-state index in [9.17, 15) is 29.6 Å². The number of nitrogen functional groups attached to an aromatic ring is 1. The van der Waals surface area contributed by atoms with Gasteiger partial charge in [-0.05, 0) is 69.7 Å². The van der Waals surface area contributed by atoms with E-state index >= 15 is 0 Å². The lowest BCUT2D eigenvalue weighted by atomic mass is 9.77. The van der Waals surface area contributed by atoms with Crippen LogP contribution in [0.2, 0.25) is 0 Å². The molecule has 16 nitrogen and oxygen atoms in total. The van der Waals surface area contributed by atoms with E-state index in [1.165, 1.54) is 43.6 Å². The molecule has 0 spiro atoms. The summed E-state index contributed by atoms with van der Waals surface area (Å²) in [7, 11) is 1.48. The number of hydrogen-bond donors (Lipinski definition) is 5. The predicted molar refractivity (Wildman–Crippen MR) is 210 cm³/mol. The molecule has 6 N–H and O–H groups in total. The molecule has 0 saturated heterocycles. The summed E-state index contributed by atoms with van der Waals surface area (Å²) < 4.78 is 16.9. The van der Waals surface area contributed by atoms with Crippen LogP contribution in [0.3, 0.4) is 0 Å². The van der Waals surface area contributed by atoms with Crippen molar-refractivity contribution >= 4 is 120 Å². The zero-order chi connectivity index (χ0) is 38.8. The van der Waals surface area contributed by atoms with Crippen LogP contribution in [0.15, 0.2) is 47.8 Å². The molecular weight excluding hydrogens is 873 g/mol. The van der Waals surface area contributed by atoms with Crippen LogP contribution in [0.4, 0.5) is 16.5 Å². The van der Waals surface area contributed by atoms with E-state index in [2.05, 4.69) is 66.7 Å². The fourth-order valence-electron chi connectivity index (χ4n) is 5.81. The van der Waals surface area contributed by atoms with Crippen molar-refractivity contribution in [3.63, 3.8) is 0 Å². The number of aromatic hydroxyl groups is 1. The average Bonchev–Trinajstić information content (AvgIpc) is 3.97. The van der Waals surface area contributed by atoms with E-state index in [1.54, 1.807) is 18.3 Å². The molecule has 0 amide bonds. The van der Waals surface area contributed by atoms with Gasteiger partial charge < -0.3 is 40.1 Å². The number of aromatic carboxylic acids is 1. The van der Waals surface area contributed by atoms with Gasteiger partial charge in [-0.1, -0.05) is 39.0 Å². The number of carboxylic acids is 1. The standard InChI is InChI=1S/C12H10BN5O4S2.C11H10BrNO2.C10H8BrNO3/c14-11-17-18-12(24-11)23-6-2-4-1-5-8(16-3-15-5)7(10(19)20)9(4)22-13(6)21;1-6-8(12)5-7-3-4-13-10(7)9(6)11(14)15-2;1-15-10(14)7-8-5(2-3-12-8)4-6(11)9(7)13/h1,3,6,21H,2H2,(H2,14,17)(H,15,16)(H,19,20);4-5H,3H2,1-2H3;3-4,13H,2H2,1H3/t6-;;/m0../s1. The van der Waals surface area contributed by atoms with Crippen molar-refractivity contribution < 1.29 is 43.7 Å². The maximum Gasteiger partial charge on any atom is 0.537 e. The lowest BCUT2D eigenvalue weighted by Crippen LogP contribution is -2.40. The Kier molecular flexibility index (Phi) is 11.7. The summed E-state index contributed by atoms with van der Waals surface area (Å²) in [5.74, 6) is -2.03. The molecule has 8 rings (SSSR count). The number of phenols is 1. The Morgan fingerprint density at radius 3 is 2.22 bits per heavy atom. The fourth-order valence-corrected chi connectivity index (χ4v) is 8.70. The third-order valence-corrected chi connectivity index (χ3v) is 11.8. The monoisotopic (exact) mass is 899 g/mol. The van der Waals surface area contributed by atoms with Gasteiger partial charge >= 0.3 is 25.0 Å². The molecule has 0 aliphatic carbocycles. The second-order valence-corrected chi connectivity index (χ2v) is 15.8. The van der Waals surface area contributed by atoms with Crippen molar-refractivity contribution in [2.45, 2.75) is 35.7 Å². The van der Waals surface area contributed by atoms with Crippen LogP contribution in [0, 0.1) is 6.92 Å². The van der Waals surface area contributed by atoms with Gasteiger partial charge in [-0.15, -0.1) is 10.2 Å². The number of aromatic amines is 1. The quantitative estimate of drug-likeness (QED) is 0.103. The summed E-state index contributed by atoms with van der Waals surface area (Å²) in [6.07, 6.45) is 6.79. The van der Waals surface area contributed by atoms with Gasteiger partial charge in [0.2, 0.25) is 5.13 Å². The summed E-state index contributed by atoms with van der Waals surface area (Å²) in [6.45, 7) is 1.88. The first-order valence-corrected chi connectivity index (χ1v) is 19.0. The molecule has 3 aliphatic heterocycles. The minimum absolute atomic E-state index is 0.0496. The first-order chi connectivity index (χ1) is 25.8. The minimum Gasteiger partial charge on any atom is -0.535 e. The second kappa shape index (κ2) is 16.3. The van der Waals surface area contributed by atoms with Crippen molar-refractivity contribution in [2.75, 3.05) is 20.0 Å². The molecule has 3 aromatic carbocycles. The number of rotatable bonds is 5. The molecular formula is C33H28BBr2N7O9S2. The van der Waals surface area contributed by atoms with Crippen molar-refractivity contribution in [3.8, 4) is 11.5 Å². The first-order valence-electron chi connectivity index (χ1n) is 15.7. The molecule has 21 heteroatoms. The van der Waals surface area contributed by atoms with E-state index in [-0.39, 0.29) is 33.7 Å². The zero-order valence-corrected chi connectivity index (χ0v) is 33.2. The molecule has 278 valence electrons. The number of carboxylic acid groups (broad SMARTS) is 1. The maximum atomic E-state index is 11.6. The van der Waals surface area contributed by atoms with Crippen LogP contribution >= 0.6 is 55.0 Å². The predicted octanol–water partition coefficient (Wildman–Crippen LogP) is 5.81. The molecule has 0 bridgehead atoms. The maximum absolute atomic E-state index is 11.6. The Morgan fingerprint density at radius 1 is 0.981 bits per heavy atom. The van der Waals surface area contributed by atoms with Gasteiger partial charge in [0.1, 0.15) is 28.1 Å². The number of aliphatic imine (C=N–C) groups is 2. The molecule has 0 radical (unpaired) electrons. The Morgan fingerprint density at radius 2 is 1.61 bits per heavy atom. The lowest BCUT2D eigenvalue weighted by molar-refractivity contribution is 0.0590. The van der Waals surface area contributed by atoms with Gasteiger partial charge in [-0.25, -0.2) is 19.4 Å². The van der Waals surface area contributed by atoms with Crippen LogP contribution in [-0.2, 0) is 28.7 Å². The lowest BCUT2D eigenvalue weighted by Gasteiger charge is -2.27. The summed E-state index contributed by atoms with van der Waals surface area (Å²) in [5, 5.41) is 37.2. The van der Waals surface area contributed by atoms with Crippen molar-refractivity contribution in [1.29, 1.82) is 0 Å². The topological polar surface area (TPSA) is 245 Å². The Labute approximate surface area is 331 Å². The van der Waals surface area contributed by atoms with E-state index < -0.39 is 19.1 Å². The molecule has 54 heavy (non-hydrogen) atoms. The van der Waals surface area contributed by atoms with Gasteiger partial charge in [0, 0.05) is 29.7 Å². The van der Waals surface area contributed by atoms with Crippen LogP contribution in [0.25, 0.3) is 11.0 Å². The summed E-state index contributed by atoms with van der Waals surface area (Å²) in [6, 6.07) is 5.55. The molecule has 0 unspecified atom stereocenters. The molecule has 1 atom stereocenters. The number of thioether (sulfide) groups is 1. The van der Waals surface area contributed by atoms with Crippen LogP contribution in [0.5, 0.6) is 11.5 Å². The van der Waals surface area contributed by atoms with Crippen LogP contribution in [0.1, 0.15) is 53.3 Å². The molecule has 5 aromatic rings. The zero-order valence-electron chi connectivity index (χ0n) is 28.4. The van der Waals surface area contributed by atoms with E-state index in [1.807, 2.05) is 19.2 Å². The smallest absolute Gasteiger partial charge is 0.535 e. The largest absolute Gasteiger partial charge is 0.537 e. The number of benzene rings is 3. The number of phenolic OH excluding ortho intramolecular Hbond substituents is 1. The number of H-pyrrole nitrogens is 1. The number of ether oxygens (including phenoxy) is 2. The first kappa shape index (κ1) is 38.9. The number of halogens is 2. The molecule has 0 fully saturated rings. The fraction of sp³-hybridized carbons (Fsp3) is 0.212. The Bertz CT molecular complexity index is 2300. The Hall–Kier alpha value is -4.83. The number of carbonyl (C=O) groups excluding carboxylic acids is 2. The summed E-state index contributed by atoms with van der Waals surface area (Å²) in [5.41, 5.74) is 11.9. The highest BCUT2D eigenvalue weighted by molar-refractivity contribution is 9.10. The highest BCUT2D eigenvalue weighted by Crippen LogP contribution is 2.42. The molecule has 3 aliphatic rings. The number of nitrogens with one attached hydrogen (secondary N) is 1. The minimum atomic E-state index is -1.18. The van der Waals surface area contributed by atoms with Gasteiger partial charge in [-0.2, -0.15) is 0 Å². The average molecular weight is 901 g/mol. The molecule has 0 saturated carbocycles. The highest BCUT2D eigenvalue weighted by Gasteiger charge is 2.39.